The largest absolute Gasteiger partial charge is 0.507 e. The minimum Gasteiger partial charge on any atom is -0.507 e. The fraction of sp³-hybridized carbons (Fsp3) is 0.600. The predicted octanol–water partition coefficient (Wildman–Crippen LogP) is 7.98. The summed E-state index contributed by atoms with van der Waals surface area (Å²) in [7, 11) is 0. The summed E-state index contributed by atoms with van der Waals surface area (Å²) in [5.41, 5.74) is 0.262. The van der Waals surface area contributed by atoms with E-state index < -0.39 is 0 Å². The van der Waals surface area contributed by atoms with Gasteiger partial charge in [0.25, 0.3) is 0 Å². The lowest BCUT2D eigenvalue weighted by molar-refractivity contribution is -0.120. The molecule has 1 heterocycles. The minimum atomic E-state index is -0.0658. The minimum absolute atomic E-state index is 0.0220. The van der Waals surface area contributed by atoms with Crippen molar-refractivity contribution in [3.8, 4) is 11.5 Å². The Morgan fingerprint density at radius 2 is 1.59 bits per heavy atom. The van der Waals surface area contributed by atoms with Crippen LogP contribution in [0.15, 0.2) is 32.9 Å². The van der Waals surface area contributed by atoms with Gasteiger partial charge in [-0.3, -0.25) is 4.79 Å². The lowest BCUT2D eigenvalue weighted by Crippen LogP contribution is -2.23. The maximum atomic E-state index is 13.0. The van der Waals surface area contributed by atoms with Crippen LogP contribution in [-0.2, 0) is 4.79 Å². The molecule has 3 N–H and O–H groups in total. The first-order chi connectivity index (χ1) is 15.5. The molecule has 1 aromatic carbocycles. The van der Waals surface area contributed by atoms with Crippen molar-refractivity contribution in [2.24, 2.45) is 5.92 Å². The zero-order chi connectivity index (χ0) is 23.2. The van der Waals surface area contributed by atoms with E-state index in [-0.39, 0.29) is 29.0 Å². The summed E-state index contributed by atoms with van der Waals surface area (Å²) in [6, 6.07) is 2.92. The molecule has 7 heteroatoms. The number of unbranched alkanes of at least 4 members (excludes halogenated alkanes) is 8. The molecular formula is C25H38N2O3S2. The number of nitrogens with one attached hydrogen (secondary N) is 1. The molecule has 2 rings (SSSR count). The highest BCUT2D eigenvalue weighted by molar-refractivity contribution is 8.01. The highest BCUT2D eigenvalue weighted by atomic mass is 32.2. The standard InChI is InChI=1S/C25H38N2O3S2/c1-3-5-7-9-10-12-14-19(13-11-8-6-4-2)24(30)27-20-17-22(29)23(18-21(20)28)32-25-26-15-16-31-25/h15-19,28-29H,3-14H2,1-2H3,(H,27,30). The number of phenolic OH excluding ortho intramolecular Hbond substituents is 2. The van der Waals surface area contributed by atoms with Crippen LogP contribution in [0.3, 0.4) is 0 Å². The van der Waals surface area contributed by atoms with Crippen LogP contribution in [0.25, 0.3) is 0 Å². The molecule has 0 aliphatic rings. The maximum Gasteiger partial charge on any atom is 0.227 e. The van der Waals surface area contributed by atoms with Crippen LogP contribution < -0.4 is 5.32 Å². The van der Waals surface area contributed by atoms with Crippen molar-refractivity contribution in [2.75, 3.05) is 5.32 Å². The molecule has 0 aliphatic heterocycles. The number of carbonyl (C=O) groups is 1. The van der Waals surface area contributed by atoms with Gasteiger partial charge in [0.05, 0.1) is 10.6 Å². The number of nitrogens with zero attached hydrogens (tertiary/aromatic N) is 1. The fourth-order valence-electron chi connectivity index (χ4n) is 3.72. The number of hydrogen-bond donors (Lipinski definition) is 3. The van der Waals surface area contributed by atoms with Gasteiger partial charge in [0.1, 0.15) is 11.5 Å². The van der Waals surface area contributed by atoms with Crippen molar-refractivity contribution in [3.63, 3.8) is 0 Å². The molecule has 2 aromatic rings. The maximum absolute atomic E-state index is 13.0. The number of phenols is 2. The molecule has 0 saturated heterocycles. The smallest absolute Gasteiger partial charge is 0.227 e. The first kappa shape index (κ1) is 26.5. The molecule has 0 aliphatic carbocycles. The number of rotatable bonds is 16. The van der Waals surface area contributed by atoms with Crippen LogP contribution in [0, 0.1) is 5.92 Å². The average molecular weight is 479 g/mol. The number of thiazole rings is 1. The van der Waals surface area contributed by atoms with E-state index in [4.69, 9.17) is 0 Å². The Balaban J connectivity index is 1.97. The summed E-state index contributed by atoms with van der Waals surface area (Å²) in [6.07, 6.45) is 15.2. The van der Waals surface area contributed by atoms with Crippen LogP contribution in [0.4, 0.5) is 5.69 Å². The van der Waals surface area contributed by atoms with E-state index in [1.165, 1.54) is 73.8 Å². The highest BCUT2D eigenvalue weighted by Gasteiger charge is 2.20. The topological polar surface area (TPSA) is 82.5 Å². The summed E-state index contributed by atoms with van der Waals surface area (Å²) in [4.78, 5) is 17.7. The van der Waals surface area contributed by atoms with Gasteiger partial charge in [-0.05, 0) is 18.9 Å². The third kappa shape index (κ3) is 9.41. The monoisotopic (exact) mass is 478 g/mol. The molecular weight excluding hydrogens is 440 g/mol. The molecule has 32 heavy (non-hydrogen) atoms. The van der Waals surface area contributed by atoms with Crippen LogP contribution in [0.2, 0.25) is 0 Å². The van der Waals surface area contributed by atoms with Crippen molar-refractivity contribution < 1.29 is 15.0 Å². The molecule has 0 radical (unpaired) electrons. The van der Waals surface area contributed by atoms with E-state index >= 15 is 0 Å². The summed E-state index contributed by atoms with van der Waals surface area (Å²) in [6.45, 7) is 4.40. The second kappa shape index (κ2) is 15.2. The number of hydrogen-bond acceptors (Lipinski definition) is 6. The van der Waals surface area contributed by atoms with Crippen LogP contribution in [0.5, 0.6) is 11.5 Å². The summed E-state index contributed by atoms with van der Waals surface area (Å²) in [5, 5.41) is 25.6. The normalized spacial score (nSPS) is 12.1. The van der Waals surface area contributed by atoms with Gasteiger partial charge >= 0.3 is 0 Å². The van der Waals surface area contributed by atoms with Crippen molar-refractivity contribution in [2.45, 2.75) is 100 Å². The van der Waals surface area contributed by atoms with E-state index in [0.29, 0.717) is 4.90 Å². The summed E-state index contributed by atoms with van der Waals surface area (Å²) >= 11 is 2.75. The van der Waals surface area contributed by atoms with Crippen molar-refractivity contribution in [3.05, 3.63) is 23.7 Å². The first-order valence-electron chi connectivity index (χ1n) is 12.0. The predicted molar refractivity (Wildman–Crippen MR) is 135 cm³/mol. The molecule has 5 nitrogen and oxygen atoms in total. The summed E-state index contributed by atoms with van der Waals surface area (Å²) < 4.78 is 0.780. The number of anilines is 1. The molecule has 0 bridgehead atoms. The van der Waals surface area contributed by atoms with Gasteiger partial charge in [0, 0.05) is 23.6 Å². The molecule has 0 fully saturated rings. The zero-order valence-electron chi connectivity index (χ0n) is 19.4. The van der Waals surface area contributed by atoms with Gasteiger partial charge in [-0.25, -0.2) is 4.98 Å². The van der Waals surface area contributed by atoms with Crippen molar-refractivity contribution >= 4 is 34.7 Å². The first-order valence-corrected chi connectivity index (χ1v) is 13.7. The Kier molecular flexibility index (Phi) is 12.6. The fourth-order valence-corrected chi connectivity index (χ4v) is 5.35. The van der Waals surface area contributed by atoms with Gasteiger partial charge in [-0.15, -0.1) is 11.3 Å². The van der Waals surface area contributed by atoms with Gasteiger partial charge in [-0.2, -0.15) is 0 Å². The van der Waals surface area contributed by atoms with Crippen LogP contribution in [0.1, 0.15) is 90.9 Å². The SMILES string of the molecule is CCCCCCCCC(CCCCCC)C(=O)Nc1cc(O)c(Sc2nccs2)cc1O. The van der Waals surface area contributed by atoms with E-state index in [1.807, 2.05) is 5.38 Å². The Morgan fingerprint density at radius 1 is 0.969 bits per heavy atom. The average Bonchev–Trinajstić information content (AvgIpc) is 3.28. The van der Waals surface area contributed by atoms with E-state index in [1.54, 1.807) is 6.20 Å². The van der Waals surface area contributed by atoms with Gasteiger partial charge in [0.2, 0.25) is 5.91 Å². The zero-order valence-corrected chi connectivity index (χ0v) is 21.1. The summed E-state index contributed by atoms with van der Waals surface area (Å²) in [5.74, 6) is -0.151. The Morgan fingerprint density at radius 3 is 2.22 bits per heavy atom. The van der Waals surface area contributed by atoms with E-state index in [0.717, 1.165) is 42.9 Å². The van der Waals surface area contributed by atoms with E-state index in [2.05, 4.69) is 24.1 Å². The number of aromatic nitrogens is 1. The number of aromatic hydroxyl groups is 2. The number of carbonyl (C=O) groups excluding carboxylic acids is 1. The Bertz CT molecular complexity index is 797. The van der Waals surface area contributed by atoms with Gasteiger partial charge < -0.3 is 15.5 Å². The number of benzene rings is 1. The molecule has 1 amide bonds. The Labute approximate surface area is 201 Å². The van der Waals surface area contributed by atoms with Crippen LogP contribution in [-0.4, -0.2) is 21.1 Å². The molecule has 0 saturated carbocycles. The number of amides is 1. The van der Waals surface area contributed by atoms with Crippen LogP contribution >= 0.6 is 23.1 Å². The molecule has 1 unspecified atom stereocenters. The third-order valence-corrected chi connectivity index (χ3v) is 7.56. The molecule has 1 atom stereocenters. The highest BCUT2D eigenvalue weighted by Crippen LogP contribution is 2.41. The van der Waals surface area contributed by atoms with Crippen molar-refractivity contribution in [1.82, 2.24) is 4.98 Å². The Hall–Kier alpha value is -1.73. The lowest BCUT2D eigenvalue weighted by atomic mass is 9.93. The van der Waals surface area contributed by atoms with E-state index in [9.17, 15) is 15.0 Å². The van der Waals surface area contributed by atoms with Crippen molar-refractivity contribution in [1.29, 1.82) is 0 Å². The quantitative estimate of drug-likeness (QED) is 0.129. The van der Waals surface area contributed by atoms with Gasteiger partial charge in [-0.1, -0.05) is 89.8 Å². The third-order valence-electron chi connectivity index (χ3n) is 5.63. The molecule has 1 aromatic heterocycles. The lowest BCUT2D eigenvalue weighted by Gasteiger charge is -2.18. The second-order valence-electron chi connectivity index (χ2n) is 8.33. The molecule has 0 spiro atoms. The molecule has 178 valence electrons. The van der Waals surface area contributed by atoms with Gasteiger partial charge in [0.15, 0.2) is 4.34 Å². The second-order valence-corrected chi connectivity index (χ2v) is 10.5.